The van der Waals surface area contributed by atoms with Crippen molar-refractivity contribution in [2.45, 2.75) is 83.8 Å². The van der Waals surface area contributed by atoms with Crippen LogP contribution in [0.4, 0.5) is 4.39 Å². The quantitative estimate of drug-likeness (QED) is 0.706. The van der Waals surface area contributed by atoms with Gasteiger partial charge in [-0.2, -0.15) is 0 Å². The highest BCUT2D eigenvalue weighted by Crippen LogP contribution is 2.52. The normalized spacial score (nSPS) is 36.0. The zero-order valence-corrected chi connectivity index (χ0v) is 15.9. The Morgan fingerprint density at radius 1 is 1.16 bits per heavy atom. The summed E-state index contributed by atoms with van der Waals surface area (Å²) in [5, 5.41) is 0. The maximum atomic E-state index is 14.2. The molecule has 0 aromatic rings. The summed E-state index contributed by atoms with van der Waals surface area (Å²) in [6.07, 6.45) is 8.86. The number of carbonyl (C=O) groups is 1. The number of amides is 1. The molecule has 4 aliphatic rings. The fourth-order valence-corrected chi connectivity index (χ4v) is 6.08. The van der Waals surface area contributed by atoms with Crippen molar-refractivity contribution in [2.75, 3.05) is 19.6 Å². The molecule has 2 aliphatic heterocycles. The van der Waals surface area contributed by atoms with E-state index in [1.807, 2.05) is 4.90 Å². The largest absolute Gasteiger partial charge is 0.316 e. The van der Waals surface area contributed by atoms with Gasteiger partial charge in [0.05, 0.1) is 0 Å². The molecule has 3 unspecified atom stereocenters. The van der Waals surface area contributed by atoms with Crippen LogP contribution in [0, 0.1) is 11.3 Å². The molecule has 0 aromatic carbocycles. The number of nitrogens with zero attached hydrogens (tertiary/aromatic N) is 2. The number of alkyl halides is 1. The third-order valence-corrected chi connectivity index (χ3v) is 7.57. The first-order chi connectivity index (χ1) is 12.0. The van der Waals surface area contributed by atoms with Gasteiger partial charge in [0.2, 0.25) is 5.91 Å². The number of carbonyl (C=O) groups excluding carboxylic acids is 1. The molecule has 2 fully saturated rings. The molecule has 1 saturated carbocycles. The maximum Gasteiger partial charge on any atom is 0.223 e. The summed E-state index contributed by atoms with van der Waals surface area (Å²) in [4.78, 5) is 16.8. The molecule has 2 aliphatic carbocycles. The van der Waals surface area contributed by atoms with Crippen LogP contribution < -0.4 is 0 Å². The number of halogens is 1. The Hall–Kier alpha value is -0.900. The van der Waals surface area contributed by atoms with Crippen molar-refractivity contribution < 1.29 is 9.18 Å². The van der Waals surface area contributed by atoms with Crippen molar-refractivity contribution in [2.24, 2.45) is 11.3 Å². The Bertz CT molecular complexity index is 564. The van der Waals surface area contributed by atoms with Gasteiger partial charge in [0.15, 0.2) is 0 Å². The first-order valence-electron chi connectivity index (χ1n) is 10.4. The summed E-state index contributed by atoms with van der Waals surface area (Å²) < 4.78 is 14.2. The number of allylic oxidation sites excluding steroid dienone is 1. The molecular weight excluding hydrogens is 315 g/mol. The van der Waals surface area contributed by atoms with E-state index in [0.717, 1.165) is 50.9 Å². The molecule has 0 N–H and O–H groups in total. The Kier molecular flexibility index (Phi) is 4.68. The molecule has 3 atom stereocenters. The molecule has 0 aromatic heterocycles. The molecule has 4 heteroatoms. The molecule has 1 saturated heterocycles. The van der Waals surface area contributed by atoms with E-state index >= 15 is 0 Å². The summed E-state index contributed by atoms with van der Waals surface area (Å²) >= 11 is 0. The lowest BCUT2D eigenvalue weighted by Crippen LogP contribution is -2.50. The van der Waals surface area contributed by atoms with Crippen LogP contribution in [0.25, 0.3) is 0 Å². The SMILES string of the molecule is CC(=O)N1CC2(CCN(C3CCCCC3C)CC2)C2=C1CCC(F)C2. The third kappa shape index (κ3) is 3.05. The van der Waals surface area contributed by atoms with E-state index < -0.39 is 6.17 Å². The zero-order valence-electron chi connectivity index (χ0n) is 15.9. The Balaban J connectivity index is 1.51. The van der Waals surface area contributed by atoms with Gasteiger partial charge in [-0.25, -0.2) is 4.39 Å². The highest BCUT2D eigenvalue weighted by Gasteiger charge is 2.49. The molecule has 3 nitrogen and oxygen atoms in total. The van der Waals surface area contributed by atoms with Crippen molar-refractivity contribution in [3.8, 4) is 0 Å². The second-order valence-electron chi connectivity index (χ2n) is 9.02. The maximum absolute atomic E-state index is 14.2. The Morgan fingerprint density at radius 2 is 1.88 bits per heavy atom. The van der Waals surface area contributed by atoms with Crippen LogP contribution >= 0.6 is 0 Å². The summed E-state index contributed by atoms with van der Waals surface area (Å²) in [5.74, 6) is 0.949. The van der Waals surface area contributed by atoms with Crippen LogP contribution in [-0.2, 0) is 4.79 Å². The second kappa shape index (κ2) is 6.68. The summed E-state index contributed by atoms with van der Waals surface area (Å²) in [6, 6.07) is 0.741. The van der Waals surface area contributed by atoms with Gasteiger partial charge in [0, 0.05) is 37.0 Å². The minimum Gasteiger partial charge on any atom is -0.316 e. The van der Waals surface area contributed by atoms with E-state index in [0.29, 0.717) is 12.8 Å². The van der Waals surface area contributed by atoms with Crippen molar-refractivity contribution in [1.29, 1.82) is 0 Å². The van der Waals surface area contributed by atoms with Gasteiger partial charge in [-0.1, -0.05) is 19.8 Å². The number of likely N-dealkylation sites (tertiary alicyclic amines) is 1. The first kappa shape index (κ1) is 17.5. The van der Waals surface area contributed by atoms with Crippen LogP contribution in [0.5, 0.6) is 0 Å². The van der Waals surface area contributed by atoms with Crippen LogP contribution in [-0.4, -0.2) is 47.6 Å². The summed E-state index contributed by atoms with van der Waals surface area (Å²) in [5.41, 5.74) is 2.55. The van der Waals surface area contributed by atoms with Gasteiger partial charge in [-0.3, -0.25) is 4.79 Å². The molecule has 4 rings (SSSR count). The van der Waals surface area contributed by atoms with Gasteiger partial charge in [0.25, 0.3) is 0 Å². The number of hydrogen-bond acceptors (Lipinski definition) is 2. The number of hydrogen-bond donors (Lipinski definition) is 0. The Labute approximate surface area is 151 Å². The zero-order chi connectivity index (χ0) is 17.6. The van der Waals surface area contributed by atoms with Crippen LogP contribution in [0.1, 0.15) is 71.6 Å². The highest BCUT2D eigenvalue weighted by molar-refractivity contribution is 5.76. The number of piperidine rings is 1. The fourth-order valence-electron chi connectivity index (χ4n) is 6.08. The van der Waals surface area contributed by atoms with E-state index in [4.69, 9.17) is 0 Å². The summed E-state index contributed by atoms with van der Waals surface area (Å²) in [6.45, 7) is 7.14. The smallest absolute Gasteiger partial charge is 0.223 e. The predicted molar refractivity (Wildman–Crippen MR) is 97.8 cm³/mol. The minimum absolute atomic E-state index is 0.0696. The molecule has 25 heavy (non-hydrogen) atoms. The lowest BCUT2D eigenvalue weighted by Gasteiger charge is -2.47. The monoisotopic (exact) mass is 348 g/mol. The van der Waals surface area contributed by atoms with Crippen LogP contribution in [0.3, 0.4) is 0 Å². The number of rotatable bonds is 1. The van der Waals surface area contributed by atoms with E-state index in [-0.39, 0.29) is 11.3 Å². The van der Waals surface area contributed by atoms with Gasteiger partial charge >= 0.3 is 0 Å². The molecule has 0 bridgehead atoms. The van der Waals surface area contributed by atoms with Gasteiger partial charge in [-0.05, 0) is 63.1 Å². The molecular formula is C21H33FN2O. The lowest BCUT2D eigenvalue weighted by molar-refractivity contribution is -0.127. The Morgan fingerprint density at radius 3 is 2.56 bits per heavy atom. The van der Waals surface area contributed by atoms with Gasteiger partial charge in [-0.15, -0.1) is 0 Å². The molecule has 140 valence electrons. The molecule has 2 heterocycles. The molecule has 1 spiro atoms. The predicted octanol–water partition coefficient (Wildman–Crippen LogP) is 4.29. The lowest BCUT2D eigenvalue weighted by atomic mass is 9.69. The van der Waals surface area contributed by atoms with Gasteiger partial charge in [0.1, 0.15) is 6.17 Å². The van der Waals surface area contributed by atoms with Crippen LogP contribution in [0.15, 0.2) is 11.3 Å². The molecule has 0 radical (unpaired) electrons. The van der Waals surface area contributed by atoms with Crippen molar-refractivity contribution >= 4 is 5.91 Å². The van der Waals surface area contributed by atoms with E-state index in [1.54, 1.807) is 6.92 Å². The fraction of sp³-hybridized carbons (Fsp3) is 0.857. The van der Waals surface area contributed by atoms with E-state index in [2.05, 4.69) is 11.8 Å². The first-order valence-corrected chi connectivity index (χ1v) is 10.4. The van der Waals surface area contributed by atoms with E-state index in [9.17, 15) is 9.18 Å². The topological polar surface area (TPSA) is 23.6 Å². The van der Waals surface area contributed by atoms with Crippen molar-refractivity contribution in [3.05, 3.63) is 11.3 Å². The molecule has 1 amide bonds. The van der Waals surface area contributed by atoms with Crippen LogP contribution in [0.2, 0.25) is 0 Å². The standard InChI is InChI=1S/C21H33FN2O/c1-15-5-3-4-6-19(15)23-11-9-21(10-12-23)14-24(16(2)25)20-8-7-17(22)13-18(20)21/h15,17,19H,3-14H2,1-2H3. The van der Waals surface area contributed by atoms with E-state index in [1.165, 1.54) is 37.0 Å². The minimum atomic E-state index is -0.709. The van der Waals surface area contributed by atoms with Gasteiger partial charge < -0.3 is 9.80 Å². The summed E-state index contributed by atoms with van der Waals surface area (Å²) in [7, 11) is 0. The average Bonchev–Trinajstić information content (AvgIpc) is 2.91. The number of fused-ring (bicyclic) bond motifs is 1. The van der Waals surface area contributed by atoms with Crippen molar-refractivity contribution in [1.82, 2.24) is 9.80 Å². The van der Waals surface area contributed by atoms with Crippen molar-refractivity contribution in [3.63, 3.8) is 0 Å². The third-order valence-electron chi connectivity index (χ3n) is 7.57. The highest BCUT2D eigenvalue weighted by atomic mass is 19.1. The average molecular weight is 349 g/mol. The second-order valence-corrected chi connectivity index (χ2v) is 9.02.